The predicted octanol–water partition coefficient (Wildman–Crippen LogP) is 5.37. The summed E-state index contributed by atoms with van der Waals surface area (Å²) in [6.07, 6.45) is -4.64. The third kappa shape index (κ3) is 3.33. The highest BCUT2D eigenvalue weighted by molar-refractivity contribution is 6.36. The Bertz CT molecular complexity index is 1340. The van der Waals surface area contributed by atoms with Crippen molar-refractivity contribution in [3.8, 4) is 11.3 Å². The molecular formula is C19H11Cl2F3N4O2. The molecule has 4 aromatic rings. The number of benzene rings is 1. The molecule has 0 N–H and O–H groups in total. The highest BCUT2D eigenvalue weighted by Crippen LogP contribution is 2.34. The average Bonchev–Trinajstić information content (AvgIpc) is 3.05. The zero-order valence-corrected chi connectivity index (χ0v) is 16.9. The number of halogens is 5. The molecule has 0 unspecified atom stereocenters. The van der Waals surface area contributed by atoms with Gasteiger partial charge >= 0.3 is 12.1 Å². The van der Waals surface area contributed by atoms with E-state index in [1.165, 1.54) is 26.2 Å². The van der Waals surface area contributed by atoms with Gasteiger partial charge in [0.1, 0.15) is 5.69 Å². The summed E-state index contributed by atoms with van der Waals surface area (Å²) in [5.41, 5.74) is -0.158. The molecule has 3 aromatic heterocycles. The maximum atomic E-state index is 13.2. The maximum absolute atomic E-state index is 13.2. The molecule has 30 heavy (non-hydrogen) atoms. The smallest absolute Gasteiger partial charge is 0.433 e. The summed E-state index contributed by atoms with van der Waals surface area (Å²) >= 11 is 12.2. The number of methoxy groups -OCH3 is 1. The normalized spacial score (nSPS) is 12.0. The lowest BCUT2D eigenvalue weighted by Gasteiger charge is -2.09. The Hall–Kier alpha value is -2.91. The first-order valence-electron chi connectivity index (χ1n) is 8.42. The number of pyridine rings is 1. The molecule has 1 aromatic carbocycles. The molecule has 0 aliphatic carbocycles. The molecule has 0 saturated carbocycles. The Kier molecular flexibility index (Phi) is 4.82. The lowest BCUT2D eigenvalue weighted by molar-refractivity contribution is -0.141. The Morgan fingerprint density at radius 2 is 1.87 bits per heavy atom. The van der Waals surface area contributed by atoms with Crippen molar-refractivity contribution in [3.05, 3.63) is 57.3 Å². The number of carbonyl (C=O) groups is 1. The van der Waals surface area contributed by atoms with Crippen LogP contribution >= 0.6 is 23.2 Å². The van der Waals surface area contributed by atoms with Crippen molar-refractivity contribution < 1.29 is 22.7 Å². The van der Waals surface area contributed by atoms with Crippen LogP contribution in [-0.2, 0) is 10.9 Å². The fourth-order valence-electron chi connectivity index (χ4n) is 3.09. The first-order valence-corrected chi connectivity index (χ1v) is 9.18. The molecule has 4 rings (SSSR count). The van der Waals surface area contributed by atoms with Crippen LogP contribution in [0.4, 0.5) is 13.2 Å². The summed E-state index contributed by atoms with van der Waals surface area (Å²) in [5, 5.41) is 5.05. The third-order valence-electron chi connectivity index (χ3n) is 4.44. The van der Waals surface area contributed by atoms with Gasteiger partial charge in [0.2, 0.25) is 0 Å². The van der Waals surface area contributed by atoms with Crippen LogP contribution in [-0.4, -0.2) is 32.7 Å². The van der Waals surface area contributed by atoms with Crippen molar-refractivity contribution in [1.82, 2.24) is 19.6 Å². The number of hydrogen-bond acceptors (Lipinski definition) is 5. The van der Waals surface area contributed by atoms with E-state index in [4.69, 9.17) is 27.9 Å². The number of rotatable bonds is 2. The molecule has 0 aliphatic heterocycles. The Morgan fingerprint density at radius 3 is 2.50 bits per heavy atom. The van der Waals surface area contributed by atoms with Crippen LogP contribution in [0.1, 0.15) is 21.7 Å². The standard InChI is InChI=1S/C19H11Cl2F3N4O2/c1-8-5-14(19(22,23)24)26-16-15(8)17-25-12(10-4-3-9(20)6-11(10)21)7-13(18(29)30-2)28(17)27-16/h3-7H,1-2H3. The van der Waals surface area contributed by atoms with Gasteiger partial charge in [-0.25, -0.2) is 19.3 Å². The minimum atomic E-state index is -4.64. The van der Waals surface area contributed by atoms with E-state index in [1.807, 2.05) is 0 Å². The van der Waals surface area contributed by atoms with Gasteiger partial charge in [0, 0.05) is 10.6 Å². The molecule has 6 nitrogen and oxygen atoms in total. The van der Waals surface area contributed by atoms with E-state index in [9.17, 15) is 18.0 Å². The van der Waals surface area contributed by atoms with Crippen LogP contribution < -0.4 is 0 Å². The van der Waals surface area contributed by atoms with E-state index in [-0.39, 0.29) is 33.0 Å². The number of aryl methyl sites for hydroxylation is 1. The number of hydrogen-bond donors (Lipinski definition) is 0. The molecule has 154 valence electrons. The van der Waals surface area contributed by atoms with Gasteiger partial charge < -0.3 is 4.74 Å². The van der Waals surface area contributed by atoms with Crippen molar-refractivity contribution in [3.63, 3.8) is 0 Å². The maximum Gasteiger partial charge on any atom is 0.433 e. The summed E-state index contributed by atoms with van der Waals surface area (Å²) in [4.78, 5) is 20.5. The topological polar surface area (TPSA) is 69.4 Å². The van der Waals surface area contributed by atoms with E-state index in [1.54, 1.807) is 12.1 Å². The summed E-state index contributed by atoms with van der Waals surface area (Å²) in [5.74, 6) is -0.754. The summed E-state index contributed by atoms with van der Waals surface area (Å²) in [6, 6.07) is 7.03. The number of ether oxygens (including phenoxy) is 1. The first-order chi connectivity index (χ1) is 14.1. The van der Waals surface area contributed by atoms with E-state index < -0.39 is 17.8 Å². The van der Waals surface area contributed by atoms with Crippen molar-refractivity contribution in [2.45, 2.75) is 13.1 Å². The van der Waals surface area contributed by atoms with E-state index in [2.05, 4.69) is 15.1 Å². The first kappa shape index (κ1) is 20.4. The fourth-order valence-corrected chi connectivity index (χ4v) is 3.60. The van der Waals surface area contributed by atoms with Crippen LogP contribution in [0.15, 0.2) is 30.3 Å². The molecule has 0 atom stereocenters. The molecule has 0 bridgehead atoms. The van der Waals surface area contributed by atoms with E-state index in [0.29, 0.717) is 16.3 Å². The van der Waals surface area contributed by atoms with Crippen LogP contribution in [0.5, 0.6) is 0 Å². The number of carbonyl (C=O) groups excluding carboxylic acids is 1. The van der Waals surface area contributed by atoms with Crippen LogP contribution in [0, 0.1) is 6.92 Å². The van der Waals surface area contributed by atoms with Gasteiger partial charge in [0.25, 0.3) is 0 Å². The monoisotopic (exact) mass is 454 g/mol. The Morgan fingerprint density at radius 1 is 1.13 bits per heavy atom. The number of nitrogens with zero attached hydrogens (tertiary/aromatic N) is 4. The molecule has 3 heterocycles. The molecule has 0 radical (unpaired) electrons. The highest BCUT2D eigenvalue weighted by atomic mass is 35.5. The second-order valence-electron chi connectivity index (χ2n) is 6.40. The van der Waals surface area contributed by atoms with Crippen LogP contribution in [0.25, 0.3) is 27.9 Å². The highest BCUT2D eigenvalue weighted by Gasteiger charge is 2.34. The summed E-state index contributed by atoms with van der Waals surface area (Å²) in [6.45, 7) is 1.49. The largest absolute Gasteiger partial charge is 0.464 e. The summed E-state index contributed by atoms with van der Waals surface area (Å²) < 4.78 is 45.4. The van der Waals surface area contributed by atoms with Crippen molar-refractivity contribution in [1.29, 1.82) is 0 Å². The van der Waals surface area contributed by atoms with Gasteiger partial charge in [-0.15, -0.1) is 5.10 Å². The quantitative estimate of drug-likeness (QED) is 0.381. The predicted molar refractivity (Wildman–Crippen MR) is 105 cm³/mol. The van der Waals surface area contributed by atoms with Gasteiger partial charge in [-0.3, -0.25) is 0 Å². The van der Waals surface area contributed by atoms with Gasteiger partial charge in [-0.2, -0.15) is 13.2 Å². The van der Waals surface area contributed by atoms with Gasteiger partial charge in [-0.1, -0.05) is 23.2 Å². The fraction of sp³-hybridized carbons (Fsp3) is 0.158. The minimum Gasteiger partial charge on any atom is -0.464 e. The molecular weight excluding hydrogens is 444 g/mol. The molecule has 11 heteroatoms. The minimum absolute atomic E-state index is 0.0468. The Balaban J connectivity index is 2.10. The zero-order chi connectivity index (χ0) is 21.8. The number of aromatic nitrogens is 4. The third-order valence-corrected chi connectivity index (χ3v) is 4.98. The number of fused-ring (bicyclic) bond motifs is 3. The van der Waals surface area contributed by atoms with Crippen LogP contribution in [0.2, 0.25) is 10.0 Å². The van der Waals surface area contributed by atoms with Crippen molar-refractivity contribution in [2.24, 2.45) is 0 Å². The molecule has 0 saturated heterocycles. The number of esters is 1. The second kappa shape index (κ2) is 7.10. The van der Waals surface area contributed by atoms with Gasteiger partial charge in [-0.05, 0) is 42.8 Å². The van der Waals surface area contributed by atoms with E-state index >= 15 is 0 Å². The second-order valence-corrected chi connectivity index (χ2v) is 7.24. The van der Waals surface area contributed by atoms with E-state index in [0.717, 1.165) is 10.6 Å². The van der Waals surface area contributed by atoms with Gasteiger partial charge in [0.05, 0.1) is 23.2 Å². The summed E-state index contributed by atoms with van der Waals surface area (Å²) in [7, 11) is 1.18. The van der Waals surface area contributed by atoms with Crippen molar-refractivity contribution >= 4 is 45.9 Å². The molecule has 0 spiro atoms. The van der Waals surface area contributed by atoms with Crippen LogP contribution in [0.3, 0.4) is 0 Å². The SMILES string of the molecule is COC(=O)c1cc(-c2ccc(Cl)cc2Cl)nc2c3c(C)cc(C(F)(F)F)nc3nn12. The van der Waals surface area contributed by atoms with Gasteiger partial charge in [0.15, 0.2) is 17.0 Å². The Labute approximate surface area is 177 Å². The lowest BCUT2D eigenvalue weighted by Crippen LogP contribution is -2.10. The lowest BCUT2D eigenvalue weighted by atomic mass is 10.1. The van der Waals surface area contributed by atoms with Crippen molar-refractivity contribution in [2.75, 3.05) is 7.11 Å². The molecule has 0 amide bonds. The average molecular weight is 455 g/mol. The molecule has 0 fully saturated rings. The number of alkyl halides is 3. The molecule has 0 aliphatic rings. The zero-order valence-electron chi connectivity index (χ0n) is 15.4.